The van der Waals surface area contributed by atoms with Crippen LogP contribution in [0.25, 0.3) is 0 Å². The molecular formula is C24H30F3N3O3. The number of rotatable bonds is 3. The second kappa shape index (κ2) is 9.00. The zero-order valence-corrected chi connectivity index (χ0v) is 19.1. The first-order valence-electron chi connectivity index (χ1n) is 11.5. The van der Waals surface area contributed by atoms with Gasteiger partial charge in [-0.2, -0.15) is 13.2 Å². The van der Waals surface area contributed by atoms with Crippen LogP contribution in [0.3, 0.4) is 0 Å². The van der Waals surface area contributed by atoms with Crippen molar-refractivity contribution in [2.24, 2.45) is 0 Å². The molecule has 0 radical (unpaired) electrons. The molecule has 2 saturated heterocycles. The Hall–Kier alpha value is -2.55. The molecule has 9 heteroatoms. The molecule has 0 aromatic heterocycles. The molecule has 3 aliphatic rings. The van der Waals surface area contributed by atoms with Gasteiger partial charge >= 0.3 is 12.1 Å². The molecule has 1 spiro atoms. The van der Waals surface area contributed by atoms with Crippen LogP contribution in [0.4, 0.5) is 18.9 Å². The minimum atomic E-state index is -4.36. The van der Waals surface area contributed by atoms with E-state index >= 15 is 0 Å². The molecule has 3 aliphatic heterocycles. The van der Waals surface area contributed by atoms with Gasteiger partial charge in [-0.05, 0) is 44.2 Å². The van der Waals surface area contributed by atoms with Crippen molar-refractivity contribution in [3.63, 3.8) is 0 Å². The highest BCUT2D eigenvalue weighted by Crippen LogP contribution is 2.42. The fraction of sp³-hybridized carbons (Fsp3) is 0.583. The van der Waals surface area contributed by atoms with Crippen LogP contribution >= 0.6 is 0 Å². The molecule has 0 atom stereocenters. The number of alkyl halides is 3. The van der Waals surface area contributed by atoms with Gasteiger partial charge in [-0.25, -0.2) is 4.79 Å². The summed E-state index contributed by atoms with van der Waals surface area (Å²) in [5.74, 6) is -0.568. The molecule has 2 fully saturated rings. The predicted octanol–water partition coefficient (Wildman–Crippen LogP) is 3.47. The van der Waals surface area contributed by atoms with Gasteiger partial charge in [0, 0.05) is 63.4 Å². The quantitative estimate of drug-likeness (QED) is 0.640. The maximum absolute atomic E-state index is 13.6. The predicted molar refractivity (Wildman–Crippen MR) is 118 cm³/mol. The highest BCUT2D eigenvalue weighted by Gasteiger charge is 2.51. The van der Waals surface area contributed by atoms with Crippen LogP contribution in [-0.4, -0.2) is 73.1 Å². The van der Waals surface area contributed by atoms with Crippen molar-refractivity contribution >= 4 is 17.6 Å². The number of piperidine rings is 1. The topological polar surface area (TPSA) is 53.1 Å². The van der Waals surface area contributed by atoms with E-state index in [4.69, 9.17) is 4.74 Å². The van der Waals surface area contributed by atoms with E-state index in [1.807, 2.05) is 4.90 Å². The lowest BCUT2D eigenvalue weighted by atomic mass is 9.82. The number of hydrogen-bond donors (Lipinski definition) is 0. The summed E-state index contributed by atoms with van der Waals surface area (Å²) < 4.78 is 44.4. The maximum atomic E-state index is 13.6. The highest BCUT2D eigenvalue weighted by atomic mass is 19.4. The lowest BCUT2D eigenvalue weighted by molar-refractivity contribution is -0.151. The third-order valence-electron chi connectivity index (χ3n) is 7.09. The van der Waals surface area contributed by atoms with Crippen LogP contribution in [-0.2, 0) is 20.5 Å². The standard InChI is InChI=1S/C24H30F3N3O3/c1-3-28-13-9-23(10-14-28)20(17(2)22(32)33-23)21(31)30-12-4-11-29(15-16-30)19-7-5-18(6-8-19)24(25,26)27/h5-8H,3-4,9-16H2,1-2H3. The van der Waals surface area contributed by atoms with Crippen LogP contribution in [0.1, 0.15) is 38.7 Å². The van der Waals surface area contributed by atoms with E-state index in [9.17, 15) is 22.8 Å². The summed E-state index contributed by atoms with van der Waals surface area (Å²) in [7, 11) is 0. The van der Waals surface area contributed by atoms with Crippen LogP contribution in [0.2, 0.25) is 0 Å². The van der Waals surface area contributed by atoms with Crippen molar-refractivity contribution in [2.45, 2.75) is 44.9 Å². The fourth-order valence-electron chi connectivity index (χ4n) is 5.08. The van der Waals surface area contributed by atoms with Gasteiger partial charge in [-0.1, -0.05) is 6.92 Å². The number of hydrogen-bond acceptors (Lipinski definition) is 5. The van der Waals surface area contributed by atoms with E-state index in [0.717, 1.165) is 31.8 Å². The number of anilines is 1. The molecule has 3 heterocycles. The van der Waals surface area contributed by atoms with E-state index in [2.05, 4.69) is 11.8 Å². The van der Waals surface area contributed by atoms with Crippen LogP contribution in [0.5, 0.6) is 0 Å². The number of carbonyl (C=O) groups is 2. The second-order valence-electron chi connectivity index (χ2n) is 9.00. The molecule has 0 aliphatic carbocycles. The third-order valence-corrected chi connectivity index (χ3v) is 7.09. The largest absolute Gasteiger partial charge is 0.450 e. The number of carbonyl (C=O) groups excluding carboxylic acids is 2. The Kier molecular flexibility index (Phi) is 6.44. The van der Waals surface area contributed by atoms with Crippen molar-refractivity contribution in [3.05, 3.63) is 41.0 Å². The molecule has 33 heavy (non-hydrogen) atoms. The average Bonchev–Trinajstić information content (AvgIpc) is 2.94. The SMILES string of the molecule is CCN1CCC2(CC1)OC(=O)C(C)=C2C(=O)N1CCCN(c2ccc(C(F)(F)F)cc2)CC1. The molecule has 180 valence electrons. The summed E-state index contributed by atoms with van der Waals surface area (Å²) in [4.78, 5) is 32.1. The Morgan fingerprint density at radius 2 is 1.70 bits per heavy atom. The van der Waals surface area contributed by atoms with Gasteiger partial charge in [0.25, 0.3) is 5.91 Å². The van der Waals surface area contributed by atoms with Crippen LogP contribution in [0.15, 0.2) is 35.4 Å². The van der Waals surface area contributed by atoms with Crippen LogP contribution < -0.4 is 4.90 Å². The first-order valence-corrected chi connectivity index (χ1v) is 11.5. The molecule has 4 rings (SSSR count). The highest BCUT2D eigenvalue weighted by molar-refractivity contribution is 6.07. The van der Waals surface area contributed by atoms with Gasteiger partial charge in [0.15, 0.2) is 0 Å². The molecular weight excluding hydrogens is 435 g/mol. The van der Waals surface area contributed by atoms with Crippen molar-refractivity contribution < 1.29 is 27.5 Å². The molecule has 1 aromatic rings. The Balaban J connectivity index is 1.47. The smallest absolute Gasteiger partial charge is 0.416 e. The lowest BCUT2D eigenvalue weighted by Gasteiger charge is -2.40. The monoisotopic (exact) mass is 465 g/mol. The van der Waals surface area contributed by atoms with Crippen molar-refractivity contribution in [2.75, 3.05) is 50.7 Å². The van der Waals surface area contributed by atoms with Crippen LogP contribution in [0, 0.1) is 0 Å². The normalized spacial score (nSPS) is 22.0. The van der Waals surface area contributed by atoms with E-state index in [1.165, 1.54) is 12.1 Å². The van der Waals surface area contributed by atoms with E-state index in [0.29, 0.717) is 62.3 Å². The molecule has 0 bridgehead atoms. The Labute approximate surface area is 192 Å². The number of benzene rings is 1. The summed E-state index contributed by atoms with van der Waals surface area (Å²) in [5, 5.41) is 0. The molecule has 1 amide bonds. The molecule has 0 N–H and O–H groups in total. The zero-order chi connectivity index (χ0) is 23.8. The third kappa shape index (κ3) is 4.60. The second-order valence-corrected chi connectivity index (χ2v) is 9.00. The molecule has 0 unspecified atom stereocenters. The number of nitrogens with zero attached hydrogens (tertiary/aromatic N) is 3. The first-order chi connectivity index (χ1) is 15.6. The van der Waals surface area contributed by atoms with Gasteiger partial charge in [-0.3, -0.25) is 4.79 Å². The summed E-state index contributed by atoms with van der Waals surface area (Å²) in [5.41, 5.74) is 0.0738. The zero-order valence-electron chi connectivity index (χ0n) is 19.1. The van der Waals surface area contributed by atoms with Gasteiger partial charge in [0.2, 0.25) is 0 Å². The molecule has 6 nitrogen and oxygen atoms in total. The molecule has 1 aromatic carbocycles. The Morgan fingerprint density at radius 3 is 2.30 bits per heavy atom. The first kappa shape index (κ1) is 23.6. The minimum absolute atomic E-state index is 0.155. The van der Waals surface area contributed by atoms with Gasteiger partial charge in [0.05, 0.1) is 11.1 Å². The summed E-state index contributed by atoms with van der Waals surface area (Å²) >= 11 is 0. The van der Waals surface area contributed by atoms with E-state index in [1.54, 1.807) is 11.8 Å². The fourth-order valence-corrected chi connectivity index (χ4v) is 5.08. The number of likely N-dealkylation sites (tertiary alicyclic amines) is 1. The summed E-state index contributed by atoms with van der Waals surface area (Å²) in [6, 6.07) is 5.14. The van der Waals surface area contributed by atoms with Gasteiger partial charge in [0.1, 0.15) is 5.60 Å². The minimum Gasteiger partial charge on any atom is -0.450 e. The summed E-state index contributed by atoms with van der Waals surface area (Å²) in [6.07, 6.45) is -2.46. The number of ether oxygens (including phenoxy) is 1. The number of amides is 1. The van der Waals surface area contributed by atoms with Gasteiger partial charge in [-0.15, -0.1) is 0 Å². The van der Waals surface area contributed by atoms with Crippen molar-refractivity contribution in [3.8, 4) is 0 Å². The number of halogens is 3. The Morgan fingerprint density at radius 1 is 1.03 bits per heavy atom. The maximum Gasteiger partial charge on any atom is 0.416 e. The van der Waals surface area contributed by atoms with E-state index in [-0.39, 0.29) is 5.91 Å². The average molecular weight is 466 g/mol. The van der Waals surface area contributed by atoms with Crippen molar-refractivity contribution in [1.29, 1.82) is 0 Å². The summed E-state index contributed by atoms with van der Waals surface area (Å²) in [6.45, 7) is 8.33. The van der Waals surface area contributed by atoms with Gasteiger partial charge < -0.3 is 19.4 Å². The molecule has 0 saturated carbocycles. The lowest BCUT2D eigenvalue weighted by Crippen LogP contribution is -2.49. The van der Waals surface area contributed by atoms with Crippen molar-refractivity contribution in [1.82, 2.24) is 9.80 Å². The van der Waals surface area contributed by atoms with E-state index < -0.39 is 23.3 Å². The Bertz CT molecular complexity index is 935. The number of esters is 1.